The number of benzene rings is 1. The third-order valence-electron chi connectivity index (χ3n) is 5.15. The van der Waals surface area contributed by atoms with Gasteiger partial charge in [0.15, 0.2) is 0 Å². The Kier molecular flexibility index (Phi) is 5.71. The summed E-state index contributed by atoms with van der Waals surface area (Å²) in [6, 6.07) is 9.26. The van der Waals surface area contributed by atoms with E-state index in [1.807, 2.05) is 30.3 Å². The highest BCUT2D eigenvalue weighted by Gasteiger charge is 2.42. The van der Waals surface area contributed by atoms with Crippen molar-refractivity contribution in [3.8, 4) is 0 Å². The topological polar surface area (TPSA) is 67.9 Å². The standard InChI is InChI=1S/C19H26N2O4/c1-15(17(22)21-9-13-25-14-10-21)20-18(23)19(7-11-24-12-8-19)16-5-3-2-4-6-16/h2-6,15H,7-14H2,1H3,(H,20,23)/t15-/m0/s1. The Morgan fingerprint density at radius 1 is 1.04 bits per heavy atom. The zero-order valence-electron chi connectivity index (χ0n) is 14.7. The van der Waals surface area contributed by atoms with E-state index in [-0.39, 0.29) is 11.8 Å². The molecule has 2 fully saturated rings. The van der Waals surface area contributed by atoms with E-state index >= 15 is 0 Å². The predicted molar refractivity (Wildman–Crippen MR) is 93.2 cm³/mol. The highest BCUT2D eigenvalue weighted by molar-refractivity contribution is 5.93. The Morgan fingerprint density at radius 2 is 1.64 bits per heavy atom. The first kappa shape index (κ1) is 17.9. The molecule has 1 aromatic rings. The fourth-order valence-electron chi connectivity index (χ4n) is 3.58. The van der Waals surface area contributed by atoms with Crippen molar-refractivity contribution in [2.24, 2.45) is 0 Å². The van der Waals surface area contributed by atoms with Gasteiger partial charge in [-0.25, -0.2) is 0 Å². The molecule has 2 aliphatic heterocycles. The van der Waals surface area contributed by atoms with Gasteiger partial charge in [0.25, 0.3) is 0 Å². The van der Waals surface area contributed by atoms with Crippen molar-refractivity contribution in [3.63, 3.8) is 0 Å². The Hall–Kier alpha value is -1.92. The lowest BCUT2D eigenvalue weighted by Gasteiger charge is -2.37. The van der Waals surface area contributed by atoms with Gasteiger partial charge in [0.1, 0.15) is 6.04 Å². The minimum absolute atomic E-state index is 0.0491. The fourth-order valence-corrected chi connectivity index (χ4v) is 3.58. The van der Waals surface area contributed by atoms with Crippen molar-refractivity contribution in [2.75, 3.05) is 39.5 Å². The molecular weight excluding hydrogens is 320 g/mol. The molecule has 0 aromatic heterocycles. The van der Waals surface area contributed by atoms with Crippen molar-refractivity contribution in [1.29, 1.82) is 0 Å². The molecule has 0 spiro atoms. The molecule has 136 valence electrons. The molecule has 0 bridgehead atoms. The van der Waals surface area contributed by atoms with Crippen molar-refractivity contribution in [1.82, 2.24) is 10.2 Å². The lowest BCUT2D eigenvalue weighted by atomic mass is 9.73. The molecule has 3 rings (SSSR count). The lowest BCUT2D eigenvalue weighted by molar-refractivity contribution is -0.141. The minimum Gasteiger partial charge on any atom is -0.381 e. The van der Waals surface area contributed by atoms with Gasteiger partial charge in [-0.1, -0.05) is 30.3 Å². The smallest absolute Gasteiger partial charge is 0.245 e. The second kappa shape index (κ2) is 7.97. The largest absolute Gasteiger partial charge is 0.381 e. The van der Waals surface area contributed by atoms with Gasteiger partial charge in [-0.2, -0.15) is 0 Å². The average Bonchev–Trinajstić information content (AvgIpc) is 2.69. The van der Waals surface area contributed by atoms with Crippen LogP contribution < -0.4 is 5.32 Å². The first-order chi connectivity index (χ1) is 12.1. The molecule has 0 unspecified atom stereocenters. The highest BCUT2D eigenvalue weighted by atomic mass is 16.5. The Bertz CT molecular complexity index is 593. The first-order valence-corrected chi connectivity index (χ1v) is 8.94. The van der Waals surface area contributed by atoms with E-state index in [0.29, 0.717) is 52.4 Å². The van der Waals surface area contributed by atoms with Crippen LogP contribution in [0.3, 0.4) is 0 Å². The molecule has 2 aliphatic rings. The van der Waals surface area contributed by atoms with E-state index in [4.69, 9.17) is 9.47 Å². The molecule has 1 aromatic carbocycles. The Balaban J connectivity index is 1.73. The van der Waals surface area contributed by atoms with E-state index in [1.54, 1.807) is 11.8 Å². The number of carbonyl (C=O) groups excluding carboxylic acids is 2. The summed E-state index contributed by atoms with van der Waals surface area (Å²) in [7, 11) is 0. The summed E-state index contributed by atoms with van der Waals surface area (Å²) in [6.45, 7) is 5.12. The van der Waals surface area contributed by atoms with Crippen LogP contribution >= 0.6 is 0 Å². The van der Waals surface area contributed by atoms with Gasteiger partial charge in [-0.05, 0) is 25.3 Å². The monoisotopic (exact) mass is 346 g/mol. The Labute approximate surface area is 148 Å². The maximum absolute atomic E-state index is 13.2. The van der Waals surface area contributed by atoms with Gasteiger partial charge in [-0.15, -0.1) is 0 Å². The number of carbonyl (C=O) groups is 2. The summed E-state index contributed by atoms with van der Waals surface area (Å²) in [4.78, 5) is 27.5. The zero-order valence-corrected chi connectivity index (χ0v) is 14.7. The van der Waals surface area contributed by atoms with Crippen molar-refractivity contribution >= 4 is 11.8 Å². The lowest BCUT2D eigenvalue weighted by Crippen LogP contribution is -2.55. The molecule has 2 heterocycles. The first-order valence-electron chi connectivity index (χ1n) is 8.94. The molecule has 0 radical (unpaired) electrons. The molecule has 6 nitrogen and oxygen atoms in total. The molecule has 0 aliphatic carbocycles. The summed E-state index contributed by atoms with van der Waals surface area (Å²) < 4.78 is 10.8. The maximum Gasteiger partial charge on any atom is 0.245 e. The second-order valence-corrected chi connectivity index (χ2v) is 6.69. The highest BCUT2D eigenvalue weighted by Crippen LogP contribution is 2.35. The van der Waals surface area contributed by atoms with Gasteiger partial charge >= 0.3 is 0 Å². The van der Waals surface area contributed by atoms with E-state index in [1.165, 1.54) is 0 Å². The van der Waals surface area contributed by atoms with Crippen molar-refractivity contribution in [2.45, 2.75) is 31.2 Å². The fraction of sp³-hybridized carbons (Fsp3) is 0.579. The summed E-state index contributed by atoms with van der Waals surface area (Å²) in [6.07, 6.45) is 1.25. The van der Waals surface area contributed by atoms with Gasteiger partial charge in [0.2, 0.25) is 11.8 Å². The SMILES string of the molecule is C[C@H](NC(=O)C1(c2ccccc2)CCOCC1)C(=O)N1CCOCC1. The van der Waals surface area contributed by atoms with Crippen LogP contribution in [0.5, 0.6) is 0 Å². The minimum atomic E-state index is -0.626. The number of morpholine rings is 1. The molecule has 1 N–H and O–H groups in total. The summed E-state index contributed by atoms with van der Waals surface area (Å²) in [5.41, 5.74) is 0.362. The summed E-state index contributed by atoms with van der Waals surface area (Å²) >= 11 is 0. The number of hydrogen-bond donors (Lipinski definition) is 1. The normalized spacial score (nSPS) is 21.4. The number of amides is 2. The number of nitrogens with one attached hydrogen (secondary N) is 1. The van der Waals surface area contributed by atoms with Crippen molar-refractivity contribution in [3.05, 3.63) is 35.9 Å². The van der Waals surface area contributed by atoms with Crippen molar-refractivity contribution < 1.29 is 19.1 Å². The van der Waals surface area contributed by atoms with Gasteiger partial charge in [-0.3, -0.25) is 9.59 Å². The molecule has 6 heteroatoms. The third-order valence-corrected chi connectivity index (χ3v) is 5.15. The molecule has 0 saturated carbocycles. The zero-order chi connectivity index (χ0) is 17.7. The molecule has 1 atom stereocenters. The number of nitrogens with zero attached hydrogens (tertiary/aromatic N) is 1. The van der Waals surface area contributed by atoms with Crippen LogP contribution in [-0.4, -0.2) is 62.3 Å². The van der Waals surface area contributed by atoms with Crippen LogP contribution in [-0.2, 0) is 24.5 Å². The molecule has 25 heavy (non-hydrogen) atoms. The van der Waals surface area contributed by atoms with E-state index < -0.39 is 11.5 Å². The van der Waals surface area contributed by atoms with Gasteiger partial charge in [0.05, 0.1) is 18.6 Å². The van der Waals surface area contributed by atoms with Crippen LogP contribution in [0.2, 0.25) is 0 Å². The van der Waals surface area contributed by atoms with Crippen LogP contribution in [0.15, 0.2) is 30.3 Å². The quantitative estimate of drug-likeness (QED) is 0.886. The average molecular weight is 346 g/mol. The summed E-state index contributed by atoms with van der Waals surface area (Å²) in [5, 5.41) is 2.96. The number of hydrogen-bond acceptors (Lipinski definition) is 4. The van der Waals surface area contributed by atoms with Gasteiger partial charge in [0, 0.05) is 26.3 Å². The molecule has 2 amide bonds. The molecular formula is C19H26N2O4. The Morgan fingerprint density at radius 3 is 2.28 bits per heavy atom. The third kappa shape index (κ3) is 3.85. The maximum atomic E-state index is 13.2. The number of rotatable bonds is 4. The van der Waals surface area contributed by atoms with Crippen LogP contribution in [0.1, 0.15) is 25.3 Å². The van der Waals surface area contributed by atoms with E-state index in [0.717, 1.165) is 5.56 Å². The van der Waals surface area contributed by atoms with E-state index in [9.17, 15) is 9.59 Å². The summed E-state index contributed by atoms with van der Waals surface area (Å²) in [5.74, 6) is -0.136. The van der Waals surface area contributed by atoms with E-state index in [2.05, 4.69) is 5.32 Å². The van der Waals surface area contributed by atoms with Crippen LogP contribution in [0.4, 0.5) is 0 Å². The number of ether oxygens (including phenoxy) is 2. The molecule has 2 saturated heterocycles. The second-order valence-electron chi connectivity index (χ2n) is 6.69. The van der Waals surface area contributed by atoms with Crippen LogP contribution in [0, 0.1) is 0 Å². The predicted octanol–water partition coefficient (Wildman–Crippen LogP) is 1.10. The van der Waals surface area contributed by atoms with Gasteiger partial charge < -0.3 is 19.7 Å². The van der Waals surface area contributed by atoms with Crippen LogP contribution in [0.25, 0.3) is 0 Å².